The number of alkyl halides is 1. The van der Waals surface area contributed by atoms with Crippen LogP contribution in [0.1, 0.15) is 43.8 Å². The van der Waals surface area contributed by atoms with Crippen molar-refractivity contribution in [1.29, 1.82) is 5.26 Å². The van der Waals surface area contributed by atoms with Gasteiger partial charge in [0, 0.05) is 16.3 Å². The number of nitrogens with zero attached hydrogens (tertiary/aromatic N) is 7. The molecule has 5 aromatic rings. The second-order valence-electron chi connectivity index (χ2n) is 16.2. The Morgan fingerprint density at radius 2 is 1.92 bits per heavy atom. The molecule has 9 atom stereocenters. The largest absolute Gasteiger partial charge is 0.695 e. The van der Waals surface area contributed by atoms with Crippen LogP contribution in [0.3, 0.4) is 0 Å². The zero-order valence-electron chi connectivity index (χ0n) is 34.9. The monoisotopic (exact) mass is 950 g/mol. The van der Waals surface area contributed by atoms with Gasteiger partial charge in [-0.1, -0.05) is 39.0 Å². The van der Waals surface area contributed by atoms with Crippen molar-refractivity contribution >= 4 is 58.3 Å². The van der Waals surface area contributed by atoms with Crippen LogP contribution in [0, 0.1) is 17.1 Å². The van der Waals surface area contributed by atoms with Crippen molar-refractivity contribution in [1.82, 2.24) is 34.1 Å². The van der Waals surface area contributed by atoms with E-state index in [1.54, 1.807) is 30.3 Å². The topological polar surface area (TPSA) is 286 Å². The second kappa shape index (κ2) is 18.6. The van der Waals surface area contributed by atoms with E-state index >= 15 is 13.3 Å². The number of amides is 1. The summed E-state index contributed by atoms with van der Waals surface area (Å²) in [4.78, 5) is 54.7. The zero-order valence-corrected chi connectivity index (χ0v) is 37.7. The van der Waals surface area contributed by atoms with Crippen molar-refractivity contribution < 1.29 is 64.7 Å². The number of rotatable bonds is 17. The number of imidazole rings is 1. The third kappa shape index (κ3) is 9.19. The van der Waals surface area contributed by atoms with Crippen LogP contribution in [-0.4, -0.2) is 115 Å². The number of nitriles is 1. The van der Waals surface area contributed by atoms with E-state index in [1.807, 2.05) is 39.9 Å². The number of aliphatic hydroxyl groups is 1. The van der Waals surface area contributed by atoms with Gasteiger partial charge in [-0.05, 0) is 30.3 Å². The van der Waals surface area contributed by atoms with Gasteiger partial charge in [0.1, 0.15) is 30.0 Å². The fraction of sp³-hybridized carbons (Fsp3) is 0.486. The molecule has 0 aliphatic carbocycles. The Bertz CT molecular complexity index is 2680. The molecule has 4 unspecified atom stereocenters. The number of ether oxygens (including phenoxy) is 2. The lowest BCUT2D eigenvalue weighted by atomic mass is 10.1. The van der Waals surface area contributed by atoms with E-state index in [2.05, 4.69) is 30.2 Å². The highest BCUT2D eigenvalue weighted by atomic mass is 31.2. The maximum atomic E-state index is 16.5. The highest BCUT2D eigenvalue weighted by Crippen LogP contribution is 2.58. The Hall–Kier alpha value is -4.80. The molecule has 27 heteroatoms. The Morgan fingerprint density at radius 1 is 1.17 bits per heavy atom. The van der Waals surface area contributed by atoms with Crippen LogP contribution in [0.15, 0.2) is 60.3 Å². The van der Waals surface area contributed by atoms with E-state index in [1.165, 1.54) is 0 Å². The summed E-state index contributed by atoms with van der Waals surface area (Å²) >= 11 is 0. The van der Waals surface area contributed by atoms with Gasteiger partial charge < -0.3 is 29.3 Å². The number of benzene rings is 1. The van der Waals surface area contributed by atoms with Crippen LogP contribution < -0.4 is 10.9 Å². The Labute approximate surface area is 364 Å². The quantitative estimate of drug-likeness (QED) is 0.0556. The molecule has 4 aromatic heterocycles. The molecule has 0 radical (unpaired) electrons. The van der Waals surface area contributed by atoms with Crippen molar-refractivity contribution in [3.63, 3.8) is 0 Å². The number of H-pyrrole nitrogens is 1. The van der Waals surface area contributed by atoms with Gasteiger partial charge in [0.15, 0.2) is 55.3 Å². The number of fused-ring (bicyclic) bond motifs is 2. The number of hydrogen-bond donors (Lipinski definition) is 4. The lowest BCUT2D eigenvalue weighted by Gasteiger charge is -2.44. The summed E-state index contributed by atoms with van der Waals surface area (Å²) in [6.07, 6.45) is -6.41. The van der Waals surface area contributed by atoms with E-state index in [4.69, 9.17) is 32.0 Å². The number of carbonyl (C=O) groups excluding carboxylic acids is 1. The third-order valence-electron chi connectivity index (χ3n) is 11.2. The first kappa shape index (κ1) is 47.2. The Balaban J connectivity index is 1.25. The van der Waals surface area contributed by atoms with E-state index < -0.39 is 121 Å². The molecule has 1 aromatic carbocycles. The number of anilines is 1. The van der Waals surface area contributed by atoms with E-state index in [9.17, 15) is 29.4 Å². The molecule has 1 amide bonds. The number of phosphoric acid groups is 1. The molecule has 7 rings (SSSR count). The van der Waals surface area contributed by atoms with Crippen molar-refractivity contribution in [2.24, 2.45) is 0 Å². The Morgan fingerprint density at radius 3 is 2.61 bits per heavy atom. The van der Waals surface area contributed by atoms with E-state index in [0.29, 0.717) is 5.56 Å². The fourth-order valence-electron chi connectivity index (χ4n) is 6.97. The number of aromatic amines is 1. The minimum Gasteiger partial charge on any atom is -0.406 e. The molecule has 0 saturated carbocycles. The molecule has 2 saturated heterocycles. The van der Waals surface area contributed by atoms with Gasteiger partial charge in [-0.15, -0.1) is 9.42 Å². The molecule has 2 aliphatic rings. The minimum atomic E-state index is -5.20. The number of nitrogens with one attached hydrogen (secondary N) is 2. The number of phosphoric ester groups is 1. The van der Waals surface area contributed by atoms with Crippen molar-refractivity contribution in [2.45, 2.75) is 87.9 Å². The van der Waals surface area contributed by atoms with Crippen LogP contribution in [-0.2, 0) is 46.8 Å². The molecular formula is C37H44F2N9O13P2Si+. The smallest absolute Gasteiger partial charge is 0.406 e. The van der Waals surface area contributed by atoms with Crippen LogP contribution in [0.5, 0.6) is 0 Å². The van der Waals surface area contributed by atoms with Crippen LogP contribution in [0.2, 0.25) is 18.1 Å². The lowest BCUT2D eigenvalue weighted by molar-refractivity contribution is -0.109. The Kier molecular flexibility index (Phi) is 13.7. The first-order valence-corrected chi connectivity index (χ1v) is 25.1. The van der Waals surface area contributed by atoms with Crippen LogP contribution in [0.4, 0.5) is 14.6 Å². The summed E-state index contributed by atoms with van der Waals surface area (Å²) < 4.78 is 103. The molecule has 0 spiro atoms. The SMILES string of the molecule is CC(C)(C)[Si](C)(C)OC1[C@@H](CO)OC[C@]1(OP(=O)(OCCC#N)OCC1O[C@@H](n2cnc3c(NC(=O)c4ccccc4)ncnc32)[C@H](F)[C@@H]1O[P+](=O)O)n1cc(F)c2c(=O)[nH]cnc21. The lowest BCUT2D eigenvalue weighted by Crippen LogP contribution is -2.56. The first-order valence-electron chi connectivity index (χ1n) is 19.6. The van der Waals surface area contributed by atoms with Gasteiger partial charge in [-0.3, -0.25) is 32.3 Å². The molecule has 22 nitrogen and oxygen atoms in total. The summed E-state index contributed by atoms with van der Waals surface area (Å²) in [5.41, 5.74) is -3.16. The van der Waals surface area contributed by atoms with Crippen LogP contribution in [0.25, 0.3) is 22.2 Å². The van der Waals surface area contributed by atoms with Crippen LogP contribution >= 0.6 is 16.1 Å². The van der Waals surface area contributed by atoms with E-state index in [0.717, 1.165) is 34.3 Å². The summed E-state index contributed by atoms with van der Waals surface area (Å²) in [5, 5.41) is 21.6. The molecular weight excluding hydrogens is 906 g/mol. The highest BCUT2D eigenvalue weighted by Gasteiger charge is 2.61. The van der Waals surface area contributed by atoms with Gasteiger partial charge in [-0.25, -0.2) is 33.3 Å². The summed E-state index contributed by atoms with van der Waals surface area (Å²) in [6.45, 7) is 6.67. The molecule has 0 bridgehead atoms. The molecule has 6 heterocycles. The average Bonchev–Trinajstić information content (AvgIpc) is 4.00. The molecule has 4 N–H and O–H groups in total. The first-order chi connectivity index (χ1) is 30.3. The van der Waals surface area contributed by atoms with Gasteiger partial charge in [0.25, 0.3) is 11.5 Å². The fourth-order valence-corrected chi connectivity index (χ4v) is 10.2. The molecule has 64 heavy (non-hydrogen) atoms. The van der Waals surface area contributed by atoms with Crippen molar-refractivity contribution in [3.05, 3.63) is 77.2 Å². The van der Waals surface area contributed by atoms with Gasteiger partial charge in [-0.2, -0.15) is 5.26 Å². The average molecular weight is 951 g/mol. The molecule has 342 valence electrons. The van der Waals surface area contributed by atoms with Gasteiger partial charge in [0.2, 0.25) is 5.72 Å². The predicted octanol–water partition coefficient (Wildman–Crippen LogP) is 4.73. The second-order valence-corrected chi connectivity index (χ2v) is 23.2. The maximum absolute atomic E-state index is 16.5. The third-order valence-corrected chi connectivity index (χ3v) is 17.5. The normalized spacial score (nSPS) is 25.1. The van der Waals surface area contributed by atoms with Crippen molar-refractivity contribution in [2.75, 3.05) is 31.7 Å². The number of carbonyl (C=O) groups is 1. The number of halogens is 2. The zero-order chi connectivity index (χ0) is 46.2. The molecule has 2 fully saturated rings. The molecule has 2 aliphatic heterocycles. The number of hydrogen-bond acceptors (Lipinski definition) is 17. The number of aromatic nitrogens is 7. The minimum absolute atomic E-state index is 0.0241. The van der Waals surface area contributed by atoms with E-state index in [-0.39, 0.29) is 29.0 Å². The van der Waals surface area contributed by atoms with Gasteiger partial charge in [0.05, 0.1) is 51.6 Å². The van der Waals surface area contributed by atoms with Crippen molar-refractivity contribution in [3.8, 4) is 6.07 Å². The summed E-state index contributed by atoms with van der Waals surface area (Å²) in [6, 6.07) is 10.1. The summed E-state index contributed by atoms with van der Waals surface area (Å²) in [5.74, 6) is -1.61. The van der Waals surface area contributed by atoms with Gasteiger partial charge >= 0.3 is 16.1 Å². The number of aliphatic hydroxyl groups excluding tert-OH is 1. The summed E-state index contributed by atoms with van der Waals surface area (Å²) in [7, 11) is -11.6. The highest BCUT2D eigenvalue weighted by molar-refractivity contribution is 7.48. The standard InChI is InChI=1S/C37H43F2N9O13P2Si/c1-36(2,3)64(4,5)60-29-23(15-49)55-17-37(29,48-14-22(38)25-31(48)42-19-44-34(25)51)61-63(54,56-13-9-12-40)57-16-24-28(59-62(52)53)26(39)35(58-24)47-20-45-27-30(41-18-43-32(27)47)46-33(50)21-10-7-6-8-11-21/h6-8,10-11,14,18-20,23-24,26,28-29,35,49H,9,13,15-17H2,1-5H3,(H2-,41,42,43,44,46,50,51,52,53)/p+1/t23-,24?,26-,28-,29?,35-,37-,63?/m1/s1. The maximum Gasteiger partial charge on any atom is 0.695 e. The predicted molar refractivity (Wildman–Crippen MR) is 221 cm³/mol.